The molecule has 1 heterocycles. The number of rotatable bonds is 4. The van der Waals surface area contributed by atoms with Crippen molar-refractivity contribution in [1.29, 1.82) is 0 Å². The van der Waals surface area contributed by atoms with Gasteiger partial charge in [0.15, 0.2) is 5.16 Å². The summed E-state index contributed by atoms with van der Waals surface area (Å²) in [5, 5.41) is 1.84. The zero-order chi connectivity index (χ0) is 19.7. The minimum Gasteiger partial charge on any atom is -0.268 e. The summed E-state index contributed by atoms with van der Waals surface area (Å²) in [4.78, 5) is 18.1. The fourth-order valence-electron chi connectivity index (χ4n) is 3.15. The molecular weight excluding hydrogens is 388 g/mol. The van der Waals surface area contributed by atoms with E-state index in [9.17, 15) is 4.79 Å². The van der Waals surface area contributed by atoms with E-state index < -0.39 is 0 Å². The highest BCUT2D eigenvalue weighted by atomic mass is 35.5. The maximum atomic E-state index is 13.3. The Morgan fingerprint density at radius 2 is 1.82 bits per heavy atom. The Bertz CT molecular complexity index is 1230. The van der Waals surface area contributed by atoms with Crippen LogP contribution in [0.3, 0.4) is 0 Å². The molecule has 0 spiro atoms. The lowest BCUT2D eigenvalue weighted by atomic mass is 10.1. The van der Waals surface area contributed by atoms with E-state index >= 15 is 0 Å². The molecule has 1 aromatic heterocycles. The summed E-state index contributed by atoms with van der Waals surface area (Å²) in [5.41, 5.74) is 5.03. The van der Waals surface area contributed by atoms with Gasteiger partial charge in [0, 0.05) is 10.8 Å². The van der Waals surface area contributed by atoms with Gasteiger partial charge in [-0.15, -0.1) is 0 Å². The number of hydrogen-bond donors (Lipinski definition) is 0. The van der Waals surface area contributed by atoms with E-state index in [4.69, 9.17) is 16.6 Å². The SMILES string of the molecule is Cc1ccc(C)c(CSc2nc3ccccc3c(=O)n2-c2cccc(Cl)c2)c1. The highest BCUT2D eigenvalue weighted by Gasteiger charge is 2.14. The van der Waals surface area contributed by atoms with Crippen molar-refractivity contribution in [3.63, 3.8) is 0 Å². The minimum atomic E-state index is -0.0867. The first-order valence-electron chi connectivity index (χ1n) is 8.99. The van der Waals surface area contributed by atoms with Crippen LogP contribution in [0.15, 0.2) is 76.7 Å². The number of halogens is 1. The third-order valence-corrected chi connectivity index (χ3v) is 5.90. The lowest BCUT2D eigenvalue weighted by Gasteiger charge is -2.14. The highest BCUT2D eigenvalue weighted by Crippen LogP contribution is 2.27. The van der Waals surface area contributed by atoms with Gasteiger partial charge in [-0.05, 0) is 55.3 Å². The maximum Gasteiger partial charge on any atom is 0.266 e. The van der Waals surface area contributed by atoms with Gasteiger partial charge in [-0.25, -0.2) is 4.98 Å². The number of benzene rings is 3. The van der Waals surface area contributed by atoms with E-state index in [1.54, 1.807) is 28.5 Å². The maximum absolute atomic E-state index is 13.3. The van der Waals surface area contributed by atoms with E-state index in [0.29, 0.717) is 21.1 Å². The fraction of sp³-hybridized carbons (Fsp3) is 0.130. The van der Waals surface area contributed by atoms with Crippen LogP contribution in [0.25, 0.3) is 16.6 Å². The molecule has 0 unspecified atom stereocenters. The zero-order valence-corrected chi connectivity index (χ0v) is 17.2. The van der Waals surface area contributed by atoms with Crippen LogP contribution in [0.5, 0.6) is 0 Å². The molecule has 0 aliphatic rings. The molecule has 0 atom stereocenters. The van der Waals surface area contributed by atoms with E-state index in [-0.39, 0.29) is 5.56 Å². The third kappa shape index (κ3) is 3.71. The van der Waals surface area contributed by atoms with E-state index in [2.05, 4.69) is 32.0 Å². The second kappa shape index (κ2) is 7.82. The second-order valence-corrected chi connectivity index (χ2v) is 8.13. The van der Waals surface area contributed by atoms with Gasteiger partial charge in [0.05, 0.1) is 16.6 Å². The number of aryl methyl sites for hydroxylation is 2. The molecule has 5 heteroatoms. The predicted octanol–water partition coefficient (Wildman–Crippen LogP) is 5.95. The summed E-state index contributed by atoms with van der Waals surface area (Å²) >= 11 is 7.75. The van der Waals surface area contributed by atoms with E-state index in [1.807, 2.05) is 36.4 Å². The van der Waals surface area contributed by atoms with Crippen molar-refractivity contribution < 1.29 is 0 Å². The van der Waals surface area contributed by atoms with Gasteiger partial charge in [-0.2, -0.15) is 0 Å². The average Bonchev–Trinajstić information content (AvgIpc) is 2.69. The molecule has 4 aromatic rings. The molecular formula is C23H19ClN2OS. The van der Waals surface area contributed by atoms with Gasteiger partial charge >= 0.3 is 0 Å². The lowest BCUT2D eigenvalue weighted by Crippen LogP contribution is -2.21. The monoisotopic (exact) mass is 406 g/mol. The van der Waals surface area contributed by atoms with Crippen LogP contribution in [0, 0.1) is 13.8 Å². The first-order valence-corrected chi connectivity index (χ1v) is 10.4. The minimum absolute atomic E-state index is 0.0867. The molecule has 28 heavy (non-hydrogen) atoms. The lowest BCUT2D eigenvalue weighted by molar-refractivity contribution is 0.819. The molecule has 0 fully saturated rings. The summed E-state index contributed by atoms with van der Waals surface area (Å²) < 4.78 is 1.66. The Labute approximate surface area is 173 Å². The van der Waals surface area contributed by atoms with E-state index in [0.717, 1.165) is 11.4 Å². The van der Waals surface area contributed by atoms with Crippen LogP contribution in [-0.4, -0.2) is 9.55 Å². The predicted molar refractivity (Wildman–Crippen MR) is 118 cm³/mol. The topological polar surface area (TPSA) is 34.9 Å². The van der Waals surface area contributed by atoms with Gasteiger partial charge in [0.1, 0.15) is 0 Å². The van der Waals surface area contributed by atoms with E-state index in [1.165, 1.54) is 16.7 Å². The zero-order valence-electron chi connectivity index (χ0n) is 15.6. The molecule has 4 rings (SSSR count). The van der Waals surface area contributed by atoms with Crippen LogP contribution in [0.1, 0.15) is 16.7 Å². The Morgan fingerprint density at radius 3 is 2.64 bits per heavy atom. The van der Waals surface area contributed by atoms with Crippen LogP contribution in [0.2, 0.25) is 5.02 Å². The van der Waals surface area contributed by atoms with Gasteiger partial charge < -0.3 is 0 Å². The molecule has 140 valence electrons. The van der Waals surface area contributed by atoms with Crippen LogP contribution in [-0.2, 0) is 5.75 Å². The largest absolute Gasteiger partial charge is 0.268 e. The number of hydrogen-bond acceptors (Lipinski definition) is 3. The third-order valence-electron chi connectivity index (χ3n) is 4.67. The number of fused-ring (bicyclic) bond motifs is 1. The van der Waals surface area contributed by atoms with Gasteiger partial charge in [-0.3, -0.25) is 9.36 Å². The molecule has 0 saturated carbocycles. The van der Waals surface area contributed by atoms with Crippen molar-refractivity contribution in [1.82, 2.24) is 9.55 Å². The molecule has 0 N–H and O–H groups in total. The van der Waals surface area contributed by atoms with Crippen molar-refractivity contribution in [2.75, 3.05) is 0 Å². The molecule has 3 nitrogen and oxygen atoms in total. The number of thioether (sulfide) groups is 1. The average molecular weight is 407 g/mol. The molecule has 0 saturated heterocycles. The normalized spacial score (nSPS) is 11.1. The molecule has 0 radical (unpaired) electrons. The van der Waals surface area contributed by atoms with Crippen molar-refractivity contribution in [2.24, 2.45) is 0 Å². The summed E-state index contributed by atoms with van der Waals surface area (Å²) in [7, 11) is 0. The molecule has 0 bridgehead atoms. The fourth-order valence-corrected chi connectivity index (χ4v) is 4.41. The molecule has 0 amide bonds. The van der Waals surface area contributed by atoms with Crippen molar-refractivity contribution in [3.8, 4) is 5.69 Å². The summed E-state index contributed by atoms with van der Waals surface area (Å²) in [6, 6.07) is 21.2. The summed E-state index contributed by atoms with van der Waals surface area (Å²) in [6.45, 7) is 4.19. The van der Waals surface area contributed by atoms with Gasteiger partial charge in [0.2, 0.25) is 0 Å². The Kier molecular flexibility index (Phi) is 5.25. The van der Waals surface area contributed by atoms with Crippen LogP contribution < -0.4 is 5.56 Å². The first-order chi connectivity index (χ1) is 13.5. The smallest absolute Gasteiger partial charge is 0.266 e. The van der Waals surface area contributed by atoms with Gasteiger partial charge in [0.25, 0.3) is 5.56 Å². The van der Waals surface area contributed by atoms with Crippen molar-refractivity contribution in [3.05, 3.63) is 98.8 Å². The summed E-state index contributed by atoms with van der Waals surface area (Å²) in [6.07, 6.45) is 0. The van der Waals surface area contributed by atoms with Crippen molar-refractivity contribution >= 4 is 34.3 Å². The van der Waals surface area contributed by atoms with Crippen LogP contribution in [0.4, 0.5) is 0 Å². The molecule has 3 aromatic carbocycles. The van der Waals surface area contributed by atoms with Gasteiger partial charge in [-0.1, -0.05) is 65.3 Å². The molecule has 0 aliphatic heterocycles. The molecule has 0 aliphatic carbocycles. The second-order valence-electron chi connectivity index (χ2n) is 6.75. The standard InChI is InChI=1S/C23H19ClN2OS/c1-15-10-11-16(2)17(12-15)14-28-23-25-21-9-4-3-8-20(21)22(27)26(23)19-7-5-6-18(24)13-19/h3-13H,14H2,1-2H3. The Balaban J connectivity index is 1.85. The number of nitrogens with zero attached hydrogens (tertiary/aromatic N) is 2. The first kappa shape index (κ1) is 18.8. The number of aromatic nitrogens is 2. The Hall–Kier alpha value is -2.56. The van der Waals surface area contributed by atoms with Crippen molar-refractivity contribution in [2.45, 2.75) is 24.8 Å². The van der Waals surface area contributed by atoms with Crippen LogP contribution >= 0.6 is 23.4 Å². The number of para-hydroxylation sites is 1. The highest BCUT2D eigenvalue weighted by molar-refractivity contribution is 7.98. The Morgan fingerprint density at radius 1 is 1.00 bits per heavy atom. The summed E-state index contributed by atoms with van der Waals surface area (Å²) in [5.74, 6) is 0.735. The quantitative estimate of drug-likeness (QED) is 0.310.